The molecule has 1 heterocycles. The van der Waals surface area contributed by atoms with Crippen LogP contribution in [0.1, 0.15) is 58.5 Å². The Hall–Kier alpha value is -0.650. The number of nitrogens with one attached hydrogen (secondary N) is 1. The number of methoxy groups -OCH3 is 1. The third-order valence-corrected chi connectivity index (χ3v) is 4.30. The van der Waals surface area contributed by atoms with Crippen LogP contribution in [0.2, 0.25) is 0 Å². The van der Waals surface area contributed by atoms with Gasteiger partial charge in [0.25, 0.3) is 0 Å². The molecule has 0 aliphatic rings. The molecule has 1 rings (SSSR count). The zero-order valence-corrected chi connectivity index (χ0v) is 15.4. The summed E-state index contributed by atoms with van der Waals surface area (Å²) in [7, 11) is 1.73. The quantitative estimate of drug-likeness (QED) is 0.792. The number of ether oxygens (including phenoxy) is 1. The highest BCUT2D eigenvalue weighted by atomic mass is 32.1. The Morgan fingerprint density at radius 3 is 2.48 bits per heavy atom. The molecule has 0 radical (unpaired) electrons. The highest BCUT2D eigenvalue weighted by Gasteiger charge is 2.19. The molecule has 0 fully saturated rings. The number of hydrogen-bond acceptors (Lipinski definition) is 5. The van der Waals surface area contributed by atoms with Crippen molar-refractivity contribution >= 4 is 16.5 Å². The minimum absolute atomic E-state index is 0.107. The molecule has 4 nitrogen and oxygen atoms in total. The minimum atomic E-state index is 0.107. The lowest BCUT2D eigenvalue weighted by atomic mass is 10.1. The van der Waals surface area contributed by atoms with E-state index in [0.29, 0.717) is 12.6 Å². The minimum Gasteiger partial charge on any atom is -0.378 e. The van der Waals surface area contributed by atoms with Crippen molar-refractivity contribution in [3.63, 3.8) is 0 Å². The molecule has 1 aromatic heterocycles. The molecule has 0 unspecified atom stereocenters. The monoisotopic (exact) mass is 313 g/mol. The molecule has 0 spiro atoms. The smallest absolute Gasteiger partial charge is 0.186 e. The number of nitrogens with zero attached hydrogens (tertiary/aromatic N) is 2. The first-order valence-corrected chi connectivity index (χ1v) is 8.59. The van der Waals surface area contributed by atoms with Crippen LogP contribution >= 0.6 is 11.3 Å². The Kier molecular flexibility index (Phi) is 7.10. The molecular formula is C16H31N3OS. The van der Waals surface area contributed by atoms with Crippen molar-refractivity contribution in [1.82, 2.24) is 10.3 Å². The van der Waals surface area contributed by atoms with E-state index in [2.05, 4.69) is 51.8 Å². The van der Waals surface area contributed by atoms with Crippen LogP contribution in [0, 0.1) is 0 Å². The van der Waals surface area contributed by atoms with Crippen LogP contribution in [0.25, 0.3) is 0 Å². The van der Waals surface area contributed by atoms with E-state index in [0.717, 1.165) is 30.3 Å². The van der Waals surface area contributed by atoms with Crippen LogP contribution in [-0.4, -0.2) is 30.2 Å². The van der Waals surface area contributed by atoms with Crippen molar-refractivity contribution in [2.75, 3.05) is 18.6 Å². The maximum atomic E-state index is 5.31. The van der Waals surface area contributed by atoms with Gasteiger partial charge >= 0.3 is 0 Å². The standard InChI is InChI=1S/C16H31N3OS/c1-8-9-19(12(2)3)15-18-13(11-20-7)14(21-15)10-17-16(4,5)6/h12,17H,8-11H2,1-7H3. The van der Waals surface area contributed by atoms with Gasteiger partial charge in [-0.25, -0.2) is 4.98 Å². The maximum absolute atomic E-state index is 5.31. The van der Waals surface area contributed by atoms with Gasteiger partial charge in [0.2, 0.25) is 0 Å². The summed E-state index contributed by atoms with van der Waals surface area (Å²) >= 11 is 1.79. The summed E-state index contributed by atoms with van der Waals surface area (Å²) in [4.78, 5) is 8.48. The second-order valence-corrected chi connectivity index (χ2v) is 7.75. The zero-order chi connectivity index (χ0) is 16.0. The van der Waals surface area contributed by atoms with Crippen LogP contribution in [0.3, 0.4) is 0 Å². The summed E-state index contributed by atoms with van der Waals surface area (Å²) in [5.74, 6) is 0. The van der Waals surface area contributed by atoms with Crippen molar-refractivity contribution in [3.05, 3.63) is 10.6 Å². The SMILES string of the molecule is CCCN(c1nc(COC)c(CNC(C)(C)C)s1)C(C)C. The van der Waals surface area contributed by atoms with Crippen molar-refractivity contribution in [3.8, 4) is 0 Å². The first-order chi connectivity index (χ1) is 9.78. The lowest BCUT2D eigenvalue weighted by Gasteiger charge is -2.25. The molecule has 0 aliphatic carbocycles. The molecule has 0 aromatic carbocycles. The van der Waals surface area contributed by atoms with E-state index >= 15 is 0 Å². The zero-order valence-electron chi connectivity index (χ0n) is 14.6. The van der Waals surface area contributed by atoms with Crippen LogP contribution in [0.4, 0.5) is 5.13 Å². The summed E-state index contributed by atoms with van der Waals surface area (Å²) < 4.78 is 5.31. The second kappa shape index (κ2) is 8.11. The van der Waals surface area contributed by atoms with E-state index < -0.39 is 0 Å². The van der Waals surface area contributed by atoms with Gasteiger partial charge in [-0.3, -0.25) is 0 Å². The molecule has 1 N–H and O–H groups in total. The van der Waals surface area contributed by atoms with Crippen LogP contribution in [-0.2, 0) is 17.9 Å². The molecule has 0 atom stereocenters. The van der Waals surface area contributed by atoms with Gasteiger partial charge in [0.15, 0.2) is 5.13 Å². The molecule has 21 heavy (non-hydrogen) atoms. The first kappa shape index (κ1) is 18.4. The van der Waals surface area contributed by atoms with Crippen molar-refractivity contribution in [2.45, 2.75) is 72.7 Å². The molecule has 0 saturated heterocycles. The Bertz CT molecular complexity index is 424. The van der Waals surface area contributed by atoms with Crippen LogP contribution < -0.4 is 10.2 Å². The van der Waals surface area contributed by atoms with Gasteiger partial charge in [0, 0.05) is 36.7 Å². The summed E-state index contributed by atoms with van der Waals surface area (Å²) in [5, 5.41) is 4.66. The van der Waals surface area contributed by atoms with Crippen LogP contribution in [0.15, 0.2) is 0 Å². The highest BCUT2D eigenvalue weighted by molar-refractivity contribution is 7.15. The van der Waals surface area contributed by atoms with Gasteiger partial charge in [-0.15, -0.1) is 11.3 Å². The van der Waals surface area contributed by atoms with E-state index in [-0.39, 0.29) is 5.54 Å². The van der Waals surface area contributed by atoms with E-state index in [1.807, 2.05) is 0 Å². The molecule has 0 amide bonds. The Labute approximate surface area is 133 Å². The van der Waals surface area contributed by atoms with Crippen LogP contribution in [0.5, 0.6) is 0 Å². The Balaban J connectivity index is 2.96. The molecule has 122 valence electrons. The average molecular weight is 314 g/mol. The summed E-state index contributed by atoms with van der Waals surface area (Å²) in [6.07, 6.45) is 1.13. The second-order valence-electron chi connectivity index (χ2n) is 6.69. The lowest BCUT2D eigenvalue weighted by Crippen LogP contribution is -2.35. The number of hydrogen-bond donors (Lipinski definition) is 1. The van der Waals surface area contributed by atoms with Crippen molar-refractivity contribution in [2.24, 2.45) is 0 Å². The third-order valence-electron chi connectivity index (χ3n) is 3.16. The fourth-order valence-electron chi connectivity index (χ4n) is 2.04. The number of rotatable bonds is 8. The number of anilines is 1. The van der Waals surface area contributed by atoms with Gasteiger partial charge < -0.3 is 15.0 Å². The molecular weight excluding hydrogens is 282 g/mol. The van der Waals surface area contributed by atoms with E-state index in [1.165, 1.54) is 4.88 Å². The molecule has 0 aliphatic heterocycles. The topological polar surface area (TPSA) is 37.4 Å². The molecule has 1 aromatic rings. The predicted octanol–water partition coefficient (Wildman–Crippen LogP) is 3.80. The third kappa shape index (κ3) is 5.93. The Morgan fingerprint density at radius 1 is 1.33 bits per heavy atom. The van der Waals surface area contributed by atoms with E-state index in [1.54, 1.807) is 18.4 Å². The number of aromatic nitrogens is 1. The lowest BCUT2D eigenvalue weighted by molar-refractivity contribution is 0.181. The normalized spacial score (nSPS) is 12.2. The molecule has 0 saturated carbocycles. The average Bonchev–Trinajstić information content (AvgIpc) is 2.75. The van der Waals surface area contributed by atoms with Crippen molar-refractivity contribution < 1.29 is 4.74 Å². The fourth-order valence-corrected chi connectivity index (χ4v) is 3.20. The summed E-state index contributed by atoms with van der Waals surface area (Å²) in [6.45, 7) is 15.7. The maximum Gasteiger partial charge on any atom is 0.186 e. The van der Waals surface area contributed by atoms with Gasteiger partial charge in [-0.1, -0.05) is 6.92 Å². The molecule has 0 bridgehead atoms. The largest absolute Gasteiger partial charge is 0.378 e. The van der Waals surface area contributed by atoms with E-state index in [9.17, 15) is 0 Å². The molecule has 5 heteroatoms. The van der Waals surface area contributed by atoms with Gasteiger partial charge in [-0.2, -0.15) is 0 Å². The number of thiazole rings is 1. The highest BCUT2D eigenvalue weighted by Crippen LogP contribution is 2.29. The summed E-state index contributed by atoms with van der Waals surface area (Å²) in [5.41, 5.74) is 1.17. The first-order valence-electron chi connectivity index (χ1n) is 7.77. The fraction of sp³-hybridized carbons (Fsp3) is 0.812. The van der Waals surface area contributed by atoms with E-state index in [4.69, 9.17) is 9.72 Å². The predicted molar refractivity (Wildman–Crippen MR) is 92.2 cm³/mol. The van der Waals surface area contributed by atoms with Crippen molar-refractivity contribution in [1.29, 1.82) is 0 Å². The van der Waals surface area contributed by atoms with Gasteiger partial charge in [0.1, 0.15) is 0 Å². The van der Waals surface area contributed by atoms with Gasteiger partial charge in [-0.05, 0) is 41.0 Å². The Morgan fingerprint density at radius 2 is 2.00 bits per heavy atom. The summed E-state index contributed by atoms with van der Waals surface area (Å²) in [6, 6.07) is 0.468. The van der Waals surface area contributed by atoms with Gasteiger partial charge in [0.05, 0.1) is 12.3 Å².